The van der Waals surface area contributed by atoms with Gasteiger partial charge >= 0.3 is 6.61 Å². The number of halogens is 3. The Morgan fingerprint density at radius 1 is 1.08 bits per heavy atom. The number of aliphatic hydroxyl groups is 1. The minimum atomic E-state index is -3.37. The summed E-state index contributed by atoms with van der Waals surface area (Å²) in [5, 5.41) is 10.3. The summed E-state index contributed by atoms with van der Waals surface area (Å²) in [5.41, 5.74) is 2.35. The molecule has 6 rings (SSSR count). The number of nitrogens with zero attached hydrogens (tertiary/aromatic N) is 2. The fourth-order valence-electron chi connectivity index (χ4n) is 4.99. The summed E-state index contributed by atoms with van der Waals surface area (Å²) >= 11 is 0. The lowest BCUT2D eigenvalue weighted by molar-refractivity contribution is -0.0506. The first-order chi connectivity index (χ1) is 17.2. The van der Waals surface area contributed by atoms with Crippen LogP contribution in [0, 0.1) is 5.82 Å². The highest BCUT2D eigenvalue weighted by Crippen LogP contribution is 2.47. The maximum atomic E-state index is 15.1. The third-order valence-electron chi connectivity index (χ3n) is 6.85. The summed E-state index contributed by atoms with van der Waals surface area (Å²) in [7, 11) is -3.37. The van der Waals surface area contributed by atoms with Gasteiger partial charge in [-0.05, 0) is 43.0 Å². The summed E-state index contributed by atoms with van der Waals surface area (Å²) in [4.78, 5) is 4.62. The number of pyridine rings is 1. The number of ether oxygens (including phenoxy) is 1. The van der Waals surface area contributed by atoms with E-state index in [1.165, 1.54) is 24.3 Å². The molecule has 1 fully saturated rings. The lowest BCUT2D eigenvalue weighted by Gasteiger charge is -2.17. The molecule has 0 amide bonds. The molecule has 186 valence electrons. The molecule has 0 aliphatic heterocycles. The number of sulfone groups is 1. The number of hydrogen-bond acceptors (Lipinski definition) is 5. The molecule has 0 radical (unpaired) electrons. The second kappa shape index (κ2) is 8.35. The third-order valence-corrected chi connectivity index (χ3v) is 9.13. The van der Waals surface area contributed by atoms with Crippen molar-refractivity contribution in [3.8, 4) is 16.9 Å². The van der Waals surface area contributed by atoms with Crippen molar-refractivity contribution >= 4 is 15.5 Å². The Labute approximate surface area is 204 Å². The van der Waals surface area contributed by atoms with Crippen LogP contribution >= 0.6 is 0 Å². The molecule has 1 saturated carbocycles. The molecule has 2 aromatic heterocycles. The smallest absolute Gasteiger partial charge is 0.387 e. The Bertz CT molecular complexity index is 1580. The van der Waals surface area contributed by atoms with Crippen LogP contribution in [0.4, 0.5) is 13.2 Å². The van der Waals surface area contributed by atoms with E-state index in [1.807, 2.05) is 0 Å². The molecule has 0 saturated heterocycles. The quantitative estimate of drug-likeness (QED) is 0.380. The van der Waals surface area contributed by atoms with Gasteiger partial charge in [0.15, 0.2) is 9.84 Å². The molecule has 2 heterocycles. The average molecular weight is 515 g/mol. The number of aliphatic hydroxyl groups excluding tert-OH is 1. The fourth-order valence-corrected chi connectivity index (χ4v) is 6.65. The van der Waals surface area contributed by atoms with Crippen molar-refractivity contribution in [1.29, 1.82) is 0 Å². The van der Waals surface area contributed by atoms with E-state index < -0.39 is 34.3 Å². The van der Waals surface area contributed by atoms with Crippen molar-refractivity contribution < 1.29 is 31.4 Å². The Morgan fingerprint density at radius 3 is 2.50 bits per heavy atom. The van der Waals surface area contributed by atoms with Crippen LogP contribution in [0.25, 0.3) is 16.8 Å². The van der Waals surface area contributed by atoms with Crippen LogP contribution in [0.15, 0.2) is 65.7 Å². The minimum Gasteiger partial charge on any atom is -0.435 e. The summed E-state index contributed by atoms with van der Waals surface area (Å²) in [6, 6.07) is 13.7. The van der Waals surface area contributed by atoms with E-state index in [0.29, 0.717) is 35.4 Å². The van der Waals surface area contributed by atoms with Crippen molar-refractivity contribution in [2.75, 3.05) is 0 Å². The predicted molar refractivity (Wildman–Crippen MR) is 125 cm³/mol. The van der Waals surface area contributed by atoms with Gasteiger partial charge in [-0.3, -0.25) is 0 Å². The molecule has 36 heavy (non-hydrogen) atoms. The molecule has 2 aliphatic carbocycles. The van der Waals surface area contributed by atoms with E-state index in [9.17, 15) is 22.3 Å². The average Bonchev–Trinajstić information content (AvgIpc) is 3.58. The Morgan fingerprint density at radius 2 is 1.81 bits per heavy atom. The van der Waals surface area contributed by atoms with Gasteiger partial charge in [-0.2, -0.15) is 8.78 Å². The maximum absolute atomic E-state index is 15.1. The number of fused-ring (bicyclic) bond motifs is 3. The highest BCUT2D eigenvalue weighted by molar-refractivity contribution is 7.92. The van der Waals surface area contributed by atoms with E-state index in [4.69, 9.17) is 4.74 Å². The number of aromatic nitrogens is 2. The van der Waals surface area contributed by atoms with E-state index in [-0.39, 0.29) is 33.5 Å². The number of alkyl halides is 2. The molecule has 2 aliphatic rings. The number of imidazole rings is 1. The van der Waals surface area contributed by atoms with Crippen LogP contribution in [0.2, 0.25) is 0 Å². The van der Waals surface area contributed by atoms with E-state index >= 15 is 4.39 Å². The van der Waals surface area contributed by atoms with Crippen LogP contribution in [-0.2, 0) is 9.84 Å². The van der Waals surface area contributed by atoms with Gasteiger partial charge < -0.3 is 14.2 Å². The largest absolute Gasteiger partial charge is 0.435 e. The molecule has 2 aromatic carbocycles. The minimum absolute atomic E-state index is 0.00213. The lowest BCUT2D eigenvalue weighted by atomic mass is 9.95. The van der Waals surface area contributed by atoms with Gasteiger partial charge in [0, 0.05) is 29.3 Å². The van der Waals surface area contributed by atoms with Crippen molar-refractivity contribution in [2.45, 2.75) is 48.0 Å². The molecule has 2 atom stereocenters. The molecule has 6 nitrogen and oxygen atoms in total. The van der Waals surface area contributed by atoms with Gasteiger partial charge in [0.2, 0.25) is 0 Å². The fraction of sp³-hybridized carbons (Fsp3) is 0.269. The number of benzene rings is 2. The zero-order valence-corrected chi connectivity index (χ0v) is 19.6. The normalized spacial score (nSPS) is 19.7. The monoisotopic (exact) mass is 514 g/mol. The predicted octanol–water partition coefficient (Wildman–Crippen LogP) is 5.25. The second-order valence-electron chi connectivity index (χ2n) is 9.13. The second-order valence-corrected chi connectivity index (χ2v) is 11.4. The van der Waals surface area contributed by atoms with Gasteiger partial charge in [-0.25, -0.2) is 17.8 Å². The Hall–Kier alpha value is -3.37. The van der Waals surface area contributed by atoms with Crippen LogP contribution < -0.4 is 4.74 Å². The molecule has 4 aromatic rings. The van der Waals surface area contributed by atoms with E-state index in [1.54, 1.807) is 40.9 Å². The van der Waals surface area contributed by atoms with Crippen molar-refractivity contribution in [3.63, 3.8) is 0 Å². The number of para-hydroxylation sites is 1. The molecule has 0 spiro atoms. The van der Waals surface area contributed by atoms with Crippen LogP contribution in [0.3, 0.4) is 0 Å². The molecular formula is C26H21F3N2O4S. The first-order valence-electron chi connectivity index (χ1n) is 11.5. The van der Waals surface area contributed by atoms with Gasteiger partial charge in [0.1, 0.15) is 17.2 Å². The highest BCUT2D eigenvalue weighted by atomic mass is 32.2. The third kappa shape index (κ3) is 3.75. The molecule has 10 heteroatoms. The zero-order chi connectivity index (χ0) is 25.2. The van der Waals surface area contributed by atoms with Gasteiger partial charge in [-0.1, -0.05) is 30.3 Å². The Kier molecular flexibility index (Phi) is 5.34. The van der Waals surface area contributed by atoms with Gasteiger partial charge in [-0.15, -0.1) is 0 Å². The van der Waals surface area contributed by atoms with Crippen LogP contribution in [0.5, 0.6) is 5.75 Å². The standard InChI is InChI=1S/C26H21F3N2O4S/c27-20-12-23-30-24-21(32)11-18(17-3-1-2-4-22(17)35-26(28)29)25(24)31(23)13-19(20)14-5-7-15(8-6-14)36(33,34)16-9-10-16/h1-8,12-13,16,18,21,26,32H,9-11H2/t18-,21-/m1/s1. The SMILES string of the molecule is O=S(=O)(c1ccc(-c2cn3c4c(nc3cc2F)[C@H](O)C[C@@H]4c2ccccc2OC(F)F)cc1)C1CC1. The van der Waals surface area contributed by atoms with Crippen molar-refractivity contribution in [3.05, 3.63) is 83.6 Å². The Balaban J connectivity index is 1.45. The number of hydrogen-bond donors (Lipinski definition) is 1. The zero-order valence-electron chi connectivity index (χ0n) is 18.8. The van der Waals surface area contributed by atoms with Gasteiger partial charge in [0.25, 0.3) is 0 Å². The lowest BCUT2D eigenvalue weighted by Crippen LogP contribution is -2.08. The number of rotatable bonds is 6. The van der Waals surface area contributed by atoms with Crippen LogP contribution in [0.1, 0.15) is 48.2 Å². The highest BCUT2D eigenvalue weighted by Gasteiger charge is 2.38. The first-order valence-corrected chi connectivity index (χ1v) is 13.1. The van der Waals surface area contributed by atoms with E-state index in [2.05, 4.69) is 4.98 Å². The van der Waals surface area contributed by atoms with Gasteiger partial charge in [0.05, 0.1) is 27.6 Å². The molecule has 1 N–H and O–H groups in total. The molecule has 0 bridgehead atoms. The summed E-state index contributed by atoms with van der Waals surface area (Å²) in [6.45, 7) is -3.01. The summed E-state index contributed by atoms with van der Waals surface area (Å²) < 4.78 is 72.5. The maximum Gasteiger partial charge on any atom is 0.387 e. The topological polar surface area (TPSA) is 80.9 Å². The summed E-state index contributed by atoms with van der Waals surface area (Å²) in [6.07, 6.45) is 2.11. The first kappa shape index (κ1) is 23.1. The van der Waals surface area contributed by atoms with Crippen molar-refractivity contribution in [1.82, 2.24) is 9.38 Å². The molecule has 0 unspecified atom stereocenters. The van der Waals surface area contributed by atoms with Crippen LogP contribution in [-0.4, -0.2) is 34.8 Å². The van der Waals surface area contributed by atoms with Crippen molar-refractivity contribution in [2.24, 2.45) is 0 Å². The van der Waals surface area contributed by atoms with E-state index in [0.717, 1.165) is 0 Å². The molecular weight excluding hydrogens is 493 g/mol. The summed E-state index contributed by atoms with van der Waals surface area (Å²) in [5.74, 6) is -1.07.